The SMILES string of the molecule is CCCCNC(=O)c1cccc(Nc2ncc(-c3ccc(C)cc3)cn2)c1. The number of carbonyl (C=O) groups is 1. The fourth-order valence-corrected chi connectivity index (χ4v) is 2.64. The van der Waals surface area contributed by atoms with Crippen LogP contribution >= 0.6 is 0 Å². The first kappa shape index (κ1) is 18.6. The standard InChI is InChI=1S/C22H24N4O/c1-3-4-12-23-21(27)18-6-5-7-20(13-18)26-22-24-14-19(15-25-22)17-10-8-16(2)9-11-17/h5-11,13-15H,3-4,12H2,1-2H3,(H,23,27)(H,24,25,26). The van der Waals surface area contributed by atoms with E-state index in [1.165, 1.54) is 5.56 Å². The second-order valence-electron chi connectivity index (χ2n) is 6.48. The summed E-state index contributed by atoms with van der Waals surface area (Å²) in [6.45, 7) is 4.85. The second-order valence-corrected chi connectivity index (χ2v) is 6.48. The van der Waals surface area contributed by atoms with E-state index in [1.807, 2.05) is 12.1 Å². The van der Waals surface area contributed by atoms with Crippen LogP contribution in [0.5, 0.6) is 0 Å². The van der Waals surface area contributed by atoms with Gasteiger partial charge in [0.2, 0.25) is 5.95 Å². The lowest BCUT2D eigenvalue weighted by atomic mass is 10.1. The van der Waals surface area contributed by atoms with Crippen molar-refractivity contribution in [3.63, 3.8) is 0 Å². The lowest BCUT2D eigenvalue weighted by Crippen LogP contribution is -2.24. The Kier molecular flexibility index (Phi) is 6.15. The quantitative estimate of drug-likeness (QED) is 0.598. The topological polar surface area (TPSA) is 66.9 Å². The van der Waals surface area contributed by atoms with E-state index in [0.29, 0.717) is 18.1 Å². The van der Waals surface area contributed by atoms with Gasteiger partial charge in [-0.2, -0.15) is 0 Å². The van der Waals surface area contributed by atoms with Crippen LogP contribution in [0.1, 0.15) is 35.7 Å². The number of hydrogen-bond donors (Lipinski definition) is 2. The highest BCUT2D eigenvalue weighted by molar-refractivity contribution is 5.95. The number of aryl methyl sites for hydroxylation is 1. The summed E-state index contributed by atoms with van der Waals surface area (Å²) in [6.07, 6.45) is 5.62. The minimum atomic E-state index is -0.0669. The Morgan fingerprint density at radius 2 is 1.74 bits per heavy atom. The molecule has 0 fully saturated rings. The van der Waals surface area contributed by atoms with E-state index in [2.05, 4.69) is 58.7 Å². The average Bonchev–Trinajstić information content (AvgIpc) is 2.70. The van der Waals surface area contributed by atoms with Crippen LogP contribution in [0.25, 0.3) is 11.1 Å². The zero-order valence-corrected chi connectivity index (χ0v) is 15.7. The molecule has 5 nitrogen and oxygen atoms in total. The Morgan fingerprint density at radius 1 is 1.00 bits per heavy atom. The highest BCUT2D eigenvalue weighted by Crippen LogP contribution is 2.20. The highest BCUT2D eigenvalue weighted by Gasteiger charge is 2.07. The van der Waals surface area contributed by atoms with Crippen LogP contribution in [0.4, 0.5) is 11.6 Å². The molecule has 2 N–H and O–H groups in total. The van der Waals surface area contributed by atoms with Crippen molar-refractivity contribution in [2.75, 3.05) is 11.9 Å². The zero-order chi connectivity index (χ0) is 19.1. The maximum absolute atomic E-state index is 12.2. The fraction of sp³-hybridized carbons (Fsp3) is 0.227. The molecule has 138 valence electrons. The number of hydrogen-bond acceptors (Lipinski definition) is 4. The van der Waals surface area contributed by atoms with Gasteiger partial charge in [-0.1, -0.05) is 49.2 Å². The van der Waals surface area contributed by atoms with Crippen molar-refractivity contribution in [2.24, 2.45) is 0 Å². The minimum absolute atomic E-state index is 0.0669. The molecule has 0 spiro atoms. The molecule has 1 heterocycles. The molecule has 1 amide bonds. The third-order valence-corrected chi connectivity index (χ3v) is 4.23. The van der Waals surface area contributed by atoms with Crippen molar-refractivity contribution < 1.29 is 4.79 Å². The van der Waals surface area contributed by atoms with Gasteiger partial charge in [0, 0.05) is 35.8 Å². The molecule has 2 aromatic carbocycles. The van der Waals surface area contributed by atoms with Crippen LogP contribution in [0.3, 0.4) is 0 Å². The number of anilines is 2. The summed E-state index contributed by atoms with van der Waals surface area (Å²) >= 11 is 0. The molecule has 0 bridgehead atoms. The van der Waals surface area contributed by atoms with Crippen LogP contribution in [0, 0.1) is 6.92 Å². The van der Waals surface area contributed by atoms with Crippen molar-refractivity contribution in [3.8, 4) is 11.1 Å². The van der Waals surface area contributed by atoms with Gasteiger partial charge < -0.3 is 10.6 Å². The van der Waals surface area contributed by atoms with Crippen molar-refractivity contribution in [1.82, 2.24) is 15.3 Å². The Hall–Kier alpha value is -3.21. The predicted octanol–water partition coefficient (Wildman–Crippen LogP) is 4.73. The van der Waals surface area contributed by atoms with Crippen LogP contribution in [-0.2, 0) is 0 Å². The zero-order valence-electron chi connectivity index (χ0n) is 15.7. The molecule has 3 aromatic rings. The van der Waals surface area contributed by atoms with Gasteiger partial charge >= 0.3 is 0 Å². The molecule has 0 aliphatic heterocycles. The van der Waals surface area contributed by atoms with E-state index in [-0.39, 0.29) is 5.91 Å². The van der Waals surface area contributed by atoms with E-state index in [0.717, 1.165) is 29.7 Å². The number of carbonyl (C=O) groups excluding carboxylic acids is 1. The van der Waals surface area contributed by atoms with E-state index in [4.69, 9.17) is 0 Å². The van der Waals surface area contributed by atoms with Gasteiger partial charge in [0.25, 0.3) is 5.91 Å². The summed E-state index contributed by atoms with van der Waals surface area (Å²) in [5.74, 6) is 0.428. The number of nitrogens with one attached hydrogen (secondary N) is 2. The summed E-state index contributed by atoms with van der Waals surface area (Å²) < 4.78 is 0. The molecule has 3 rings (SSSR count). The lowest BCUT2D eigenvalue weighted by molar-refractivity contribution is 0.0953. The maximum atomic E-state index is 12.2. The Morgan fingerprint density at radius 3 is 2.44 bits per heavy atom. The first-order chi connectivity index (χ1) is 13.2. The largest absolute Gasteiger partial charge is 0.352 e. The summed E-state index contributed by atoms with van der Waals surface area (Å²) in [4.78, 5) is 20.9. The van der Waals surface area contributed by atoms with Gasteiger partial charge in [-0.25, -0.2) is 9.97 Å². The average molecular weight is 360 g/mol. The van der Waals surface area contributed by atoms with Gasteiger partial charge in [-0.3, -0.25) is 4.79 Å². The van der Waals surface area contributed by atoms with Crippen molar-refractivity contribution in [1.29, 1.82) is 0 Å². The van der Waals surface area contributed by atoms with Crippen molar-refractivity contribution in [3.05, 3.63) is 72.1 Å². The molecule has 0 saturated heterocycles. The van der Waals surface area contributed by atoms with Gasteiger partial charge in [0.05, 0.1) is 0 Å². The molecule has 0 saturated carbocycles. The van der Waals surface area contributed by atoms with Crippen LogP contribution in [0.15, 0.2) is 60.9 Å². The summed E-state index contributed by atoms with van der Waals surface area (Å²) in [5, 5.41) is 6.07. The Bertz CT molecular complexity index is 889. The predicted molar refractivity (Wildman–Crippen MR) is 109 cm³/mol. The number of rotatable bonds is 7. The molecule has 27 heavy (non-hydrogen) atoms. The molecule has 0 aliphatic rings. The molecule has 0 aliphatic carbocycles. The minimum Gasteiger partial charge on any atom is -0.352 e. The Balaban J connectivity index is 1.67. The monoisotopic (exact) mass is 360 g/mol. The first-order valence-corrected chi connectivity index (χ1v) is 9.20. The van der Waals surface area contributed by atoms with E-state index in [9.17, 15) is 4.79 Å². The van der Waals surface area contributed by atoms with Crippen molar-refractivity contribution in [2.45, 2.75) is 26.7 Å². The number of benzene rings is 2. The second kappa shape index (κ2) is 8.94. The van der Waals surface area contributed by atoms with Crippen LogP contribution < -0.4 is 10.6 Å². The number of unbranched alkanes of at least 4 members (excludes halogenated alkanes) is 1. The van der Waals surface area contributed by atoms with Crippen LogP contribution in [-0.4, -0.2) is 22.4 Å². The number of amides is 1. The summed E-state index contributed by atoms with van der Waals surface area (Å²) in [5.41, 5.74) is 4.66. The van der Waals surface area contributed by atoms with Crippen molar-refractivity contribution >= 4 is 17.5 Å². The van der Waals surface area contributed by atoms with Crippen LogP contribution in [0.2, 0.25) is 0 Å². The van der Waals surface area contributed by atoms with Gasteiger partial charge in [-0.05, 0) is 37.1 Å². The van der Waals surface area contributed by atoms with Gasteiger partial charge in [0.15, 0.2) is 0 Å². The molecule has 1 aromatic heterocycles. The summed E-state index contributed by atoms with van der Waals surface area (Å²) in [7, 11) is 0. The molecule has 5 heteroatoms. The number of aromatic nitrogens is 2. The normalized spacial score (nSPS) is 10.4. The van der Waals surface area contributed by atoms with E-state index < -0.39 is 0 Å². The molecule has 0 radical (unpaired) electrons. The Labute approximate surface area is 159 Å². The summed E-state index contributed by atoms with van der Waals surface area (Å²) in [6, 6.07) is 15.6. The third-order valence-electron chi connectivity index (χ3n) is 4.23. The first-order valence-electron chi connectivity index (χ1n) is 9.20. The van der Waals surface area contributed by atoms with Gasteiger partial charge in [0.1, 0.15) is 0 Å². The molecular weight excluding hydrogens is 336 g/mol. The fourth-order valence-electron chi connectivity index (χ4n) is 2.64. The smallest absolute Gasteiger partial charge is 0.251 e. The van der Waals surface area contributed by atoms with Gasteiger partial charge in [-0.15, -0.1) is 0 Å². The van der Waals surface area contributed by atoms with E-state index >= 15 is 0 Å². The highest BCUT2D eigenvalue weighted by atomic mass is 16.1. The third kappa shape index (κ3) is 5.14. The molecule has 0 unspecified atom stereocenters. The molecular formula is C22H24N4O. The van der Waals surface area contributed by atoms with E-state index in [1.54, 1.807) is 24.5 Å². The molecule has 0 atom stereocenters. The maximum Gasteiger partial charge on any atom is 0.251 e. The number of nitrogens with zero attached hydrogens (tertiary/aromatic N) is 2. The lowest BCUT2D eigenvalue weighted by Gasteiger charge is -2.08.